The first-order valence-electron chi connectivity index (χ1n) is 8.33. The van der Waals surface area contributed by atoms with Crippen molar-refractivity contribution in [2.75, 3.05) is 18.4 Å². The van der Waals surface area contributed by atoms with E-state index < -0.39 is 0 Å². The number of nitrogens with zero attached hydrogens (tertiary/aromatic N) is 2. The minimum atomic E-state index is 0.0823. The number of carbonyl (C=O) groups excluding carboxylic acids is 1. The van der Waals surface area contributed by atoms with Crippen LogP contribution in [0.5, 0.6) is 0 Å². The summed E-state index contributed by atoms with van der Waals surface area (Å²) in [6.45, 7) is 4.12. The van der Waals surface area contributed by atoms with E-state index in [1.54, 1.807) is 6.20 Å². The second-order valence-corrected chi connectivity index (χ2v) is 6.19. The zero-order valence-electron chi connectivity index (χ0n) is 13.5. The van der Waals surface area contributed by atoms with E-state index in [9.17, 15) is 4.79 Å². The lowest BCUT2D eigenvalue weighted by Gasteiger charge is -2.22. The van der Waals surface area contributed by atoms with Crippen molar-refractivity contribution in [1.82, 2.24) is 15.1 Å². The van der Waals surface area contributed by atoms with Crippen LogP contribution in [0, 0.1) is 5.92 Å². The molecule has 1 atom stereocenters. The highest BCUT2D eigenvalue weighted by atomic mass is 16.1. The van der Waals surface area contributed by atoms with Crippen LogP contribution >= 0.6 is 0 Å². The average molecular weight is 312 g/mol. The SMILES string of the molecule is CC(c1ccccc1)n1nccc1NC(=O)CC1CCNCC1. The monoisotopic (exact) mass is 312 g/mol. The molecule has 1 fully saturated rings. The smallest absolute Gasteiger partial charge is 0.225 e. The zero-order chi connectivity index (χ0) is 16.1. The third-order valence-electron chi connectivity index (χ3n) is 4.52. The fourth-order valence-electron chi connectivity index (χ4n) is 3.14. The molecule has 1 amide bonds. The van der Waals surface area contributed by atoms with Crippen LogP contribution in [0.2, 0.25) is 0 Å². The fourth-order valence-corrected chi connectivity index (χ4v) is 3.14. The van der Waals surface area contributed by atoms with Gasteiger partial charge in [-0.3, -0.25) is 4.79 Å². The number of hydrogen-bond donors (Lipinski definition) is 2. The van der Waals surface area contributed by atoms with E-state index in [2.05, 4.69) is 34.8 Å². The molecule has 1 saturated heterocycles. The van der Waals surface area contributed by atoms with E-state index in [0.29, 0.717) is 12.3 Å². The van der Waals surface area contributed by atoms with Gasteiger partial charge in [-0.2, -0.15) is 5.10 Å². The Balaban J connectivity index is 1.65. The van der Waals surface area contributed by atoms with Crippen LogP contribution in [0.15, 0.2) is 42.6 Å². The normalized spacial score (nSPS) is 16.9. The number of nitrogens with one attached hydrogen (secondary N) is 2. The molecule has 0 bridgehead atoms. The summed E-state index contributed by atoms with van der Waals surface area (Å²) in [6.07, 6.45) is 4.48. The second-order valence-electron chi connectivity index (χ2n) is 6.19. The summed E-state index contributed by atoms with van der Waals surface area (Å²) in [5.41, 5.74) is 1.17. The molecule has 1 aromatic carbocycles. The van der Waals surface area contributed by atoms with Crippen LogP contribution in [0.4, 0.5) is 5.82 Å². The Bertz CT molecular complexity index is 631. The van der Waals surface area contributed by atoms with Crippen molar-refractivity contribution >= 4 is 11.7 Å². The molecule has 3 rings (SSSR count). The number of aromatic nitrogens is 2. The molecule has 1 aliphatic heterocycles. The minimum Gasteiger partial charge on any atom is -0.317 e. The average Bonchev–Trinajstić information content (AvgIpc) is 3.03. The van der Waals surface area contributed by atoms with Gasteiger partial charge in [0, 0.05) is 12.5 Å². The van der Waals surface area contributed by atoms with Gasteiger partial charge < -0.3 is 10.6 Å². The number of rotatable bonds is 5. The maximum Gasteiger partial charge on any atom is 0.225 e. The van der Waals surface area contributed by atoms with Gasteiger partial charge >= 0.3 is 0 Å². The summed E-state index contributed by atoms with van der Waals surface area (Å²) in [5, 5.41) is 10.7. The molecule has 0 spiro atoms. The molecule has 1 aromatic heterocycles. The molecule has 0 saturated carbocycles. The van der Waals surface area contributed by atoms with E-state index in [4.69, 9.17) is 0 Å². The summed E-state index contributed by atoms with van der Waals surface area (Å²) >= 11 is 0. The highest BCUT2D eigenvalue weighted by Gasteiger charge is 2.19. The summed E-state index contributed by atoms with van der Waals surface area (Å²) < 4.78 is 1.87. The molecule has 122 valence electrons. The summed E-state index contributed by atoms with van der Waals surface area (Å²) in [7, 11) is 0. The van der Waals surface area contributed by atoms with Gasteiger partial charge in [0.15, 0.2) is 0 Å². The Kier molecular flexibility index (Phi) is 5.08. The maximum absolute atomic E-state index is 12.3. The fraction of sp³-hybridized carbons (Fsp3) is 0.444. The topological polar surface area (TPSA) is 59.0 Å². The molecule has 5 nitrogen and oxygen atoms in total. The van der Waals surface area contributed by atoms with E-state index >= 15 is 0 Å². The molecule has 1 aliphatic rings. The largest absolute Gasteiger partial charge is 0.317 e. The minimum absolute atomic E-state index is 0.0823. The van der Waals surface area contributed by atoms with Gasteiger partial charge in [-0.25, -0.2) is 4.68 Å². The van der Waals surface area contributed by atoms with Gasteiger partial charge in [-0.15, -0.1) is 0 Å². The third kappa shape index (κ3) is 3.99. The molecule has 1 unspecified atom stereocenters. The third-order valence-corrected chi connectivity index (χ3v) is 4.52. The second kappa shape index (κ2) is 7.42. The first-order valence-corrected chi connectivity index (χ1v) is 8.33. The molecule has 2 heterocycles. The summed E-state index contributed by atoms with van der Waals surface area (Å²) in [5.74, 6) is 1.33. The van der Waals surface area contributed by atoms with Gasteiger partial charge in [0.25, 0.3) is 0 Å². The molecular weight excluding hydrogens is 288 g/mol. The van der Waals surface area contributed by atoms with Gasteiger partial charge in [0.2, 0.25) is 5.91 Å². The Morgan fingerprint density at radius 1 is 1.30 bits per heavy atom. The van der Waals surface area contributed by atoms with Crippen LogP contribution in [-0.4, -0.2) is 28.8 Å². The Morgan fingerprint density at radius 3 is 2.78 bits per heavy atom. The van der Waals surface area contributed by atoms with E-state index in [0.717, 1.165) is 31.7 Å². The molecule has 0 aliphatic carbocycles. The van der Waals surface area contributed by atoms with Crippen molar-refractivity contribution < 1.29 is 4.79 Å². The van der Waals surface area contributed by atoms with Crippen LogP contribution in [-0.2, 0) is 4.79 Å². The standard InChI is InChI=1S/C18H24N4O/c1-14(16-5-3-2-4-6-16)22-17(9-12-20-22)21-18(23)13-15-7-10-19-11-8-15/h2-6,9,12,14-15,19H,7-8,10-11,13H2,1H3,(H,21,23). The number of carbonyl (C=O) groups is 1. The van der Waals surface area contributed by atoms with E-state index in [1.807, 2.05) is 28.9 Å². The predicted molar refractivity (Wildman–Crippen MR) is 91.3 cm³/mol. The van der Waals surface area contributed by atoms with Crippen molar-refractivity contribution in [3.8, 4) is 0 Å². The van der Waals surface area contributed by atoms with Gasteiger partial charge in [0.1, 0.15) is 5.82 Å². The van der Waals surface area contributed by atoms with Gasteiger partial charge in [-0.05, 0) is 44.3 Å². The van der Waals surface area contributed by atoms with Gasteiger partial charge in [0.05, 0.1) is 12.2 Å². The quantitative estimate of drug-likeness (QED) is 0.892. The lowest BCUT2D eigenvalue weighted by atomic mass is 9.94. The number of benzene rings is 1. The van der Waals surface area contributed by atoms with Crippen molar-refractivity contribution in [2.24, 2.45) is 5.92 Å². The van der Waals surface area contributed by atoms with Crippen LogP contribution in [0.25, 0.3) is 0 Å². The first kappa shape index (κ1) is 15.7. The molecule has 5 heteroatoms. The van der Waals surface area contributed by atoms with Crippen molar-refractivity contribution in [3.63, 3.8) is 0 Å². The van der Waals surface area contributed by atoms with Crippen LogP contribution < -0.4 is 10.6 Å². The number of amides is 1. The molecule has 2 N–H and O–H groups in total. The zero-order valence-corrected chi connectivity index (χ0v) is 13.5. The van der Waals surface area contributed by atoms with Crippen LogP contribution in [0.1, 0.15) is 37.8 Å². The Labute approximate surface area is 137 Å². The highest BCUT2D eigenvalue weighted by Crippen LogP contribution is 2.22. The lowest BCUT2D eigenvalue weighted by molar-refractivity contribution is -0.117. The van der Waals surface area contributed by atoms with Crippen molar-refractivity contribution in [2.45, 2.75) is 32.2 Å². The molecule has 2 aromatic rings. The maximum atomic E-state index is 12.3. The van der Waals surface area contributed by atoms with Gasteiger partial charge in [-0.1, -0.05) is 30.3 Å². The predicted octanol–water partition coefficient (Wildman–Crippen LogP) is 2.82. The highest BCUT2D eigenvalue weighted by molar-refractivity contribution is 5.90. The molecular formula is C18H24N4O. The Hall–Kier alpha value is -2.14. The lowest BCUT2D eigenvalue weighted by Crippen LogP contribution is -2.30. The van der Waals surface area contributed by atoms with E-state index in [1.165, 1.54) is 5.56 Å². The number of anilines is 1. The number of piperidine rings is 1. The first-order chi connectivity index (χ1) is 11.2. The van der Waals surface area contributed by atoms with Crippen molar-refractivity contribution in [3.05, 3.63) is 48.2 Å². The number of hydrogen-bond acceptors (Lipinski definition) is 3. The van der Waals surface area contributed by atoms with Crippen LogP contribution in [0.3, 0.4) is 0 Å². The summed E-state index contributed by atoms with van der Waals surface area (Å²) in [4.78, 5) is 12.3. The van der Waals surface area contributed by atoms with Crippen molar-refractivity contribution in [1.29, 1.82) is 0 Å². The molecule has 0 radical (unpaired) electrons. The molecule has 23 heavy (non-hydrogen) atoms. The summed E-state index contributed by atoms with van der Waals surface area (Å²) in [6, 6.07) is 12.1. The Morgan fingerprint density at radius 2 is 2.04 bits per heavy atom. The van der Waals surface area contributed by atoms with E-state index in [-0.39, 0.29) is 11.9 Å².